The predicted molar refractivity (Wildman–Crippen MR) is 82.3 cm³/mol. The van der Waals surface area contributed by atoms with E-state index >= 15 is 0 Å². The summed E-state index contributed by atoms with van der Waals surface area (Å²) in [4.78, 5) is 14.3. The molecule has 0 saturated carbocycles. The van der Waals surface area contributed by atoms with Crippen molar-refractivity contribution in [2.45, 2.75) is 45.7 Å². The number of carbonyl (C=O) groups is 1. The second kappa shape index (κ2) is 7.55. The number of likely N-dealkylation sites (tertiary alicyclic amines) is 1. The van der Waals surface area contributed by atoms with Crippen molar-refractivity contribution in [3.05, 3.63) is 35.6 Å². The van der Waals surface area contributed by atoms with E-state index in [9.17, 15) is 9.18 Å². The van der Waals surface area contributed by atoms with Crippen LogP contribution in [0.3, 0.4) is 0 Å². The quantitative estimate of drug-likeness (QED) is 0.905. The van der Waals surface area contributed by atoms with E-state index in [0.29, 0.717) is 6.54 Å². The van der Waals surface area contributed by atoms with Gasteiger partial charge in [0.2, 0.25) is 5.91 Å². The minimum atomic E-state index is -0.144. The van der Waals surface area contributed by atoms with Gasteiger partial charge in [0.25, 0.3) is 0 Å². The standard InChI is InChI=1S/C17H25FN2O/c1-3-13(2)19-17(21)14-8-10-20(11-9-14)12-15-6-4-5-7-16(15)18/h4-7,13-14H,3,8-12H2,1-2H3,(H,19,21)/t13-/m0/s1. The molecule has 1 heterocycles. The van der Waals surface area contributed by atoms with Gasteiger partial charge in [0.05, 0.1) is 0 Å². The Bertz CT molecular complexity index is 470. The van der Waals surface area contributed by atoms with Crippen molar-refractivity contribution in [1.82, 2.24) is 10.2 Å². The molecule has 1 N–H and O–H groups in total. The Kier molecular flexibility index (Phi) is 5.74. The summed E-state index contributed by atoms with van der Waals surface area (Å²) in [7, 11) is 0. The van der Waals surface area contributed by atoms with Crippen molar-refractivity contribution < 1.29 is 9.18 Å². The second-order valence-corrected chi connectivity index (χ2v) is 5.96. The van der Waals surface area contributed by atoms with E-state index in [1.165, 1.54) is 6.07 Å². The minimum Gasteiger partial charge on any atom is -0.353 e. The van der Waals surface area contributed by atoms with Gasteiger partial charge in [-0.2, -0.15) is 0 Å². The Morgan fingerprint density at radius 3 is 2.67 bits per heavy atom. The molecule has 4 heteroatoms. The van der Waals surface area contributed by atoms with E-state index in [0.717, 1.165) is 37.9 Å². The number of rotatable bonds is 5. The zero-order chi connectivity index (χ0) is 15.2. The monoisotopic (exact) mass is 292 g/mol. The third kappa shape index (κ3) is 4.53. The summed E-state index contributed by atoms with van der Waals surface area (Å²) in [5, 5.41) is 3.06. The summed E-state index contributed by atoms with van der Waals surface area (Å²) in [5.74, 6) is 0.139. The summed E-state index contributed by atoms with van der Waals surface area (Å²) < 4.78 is 13.6. The number of hydrogen-bond donors (Lipinski definition) is 1. The molecule has 1 atom stereocenters. The highest BCUT2D eigenvalue weighted by Crippen LogP contribution is 2.20. The van der Waals surface area contributed by atoms with Gasteiger partial charge < -0.3 is 5.32 Å². The van der Waals surface area contributed by atoms with Gasteiger partial charge in [-0.25, -0.2) is 4.39 Å². The molecule has 1 saturated heterocycles. The number of benzene rings is 1. The van der Waals surface area contributed by atoms with Gasteiger partial charge in [-0.05, 0) is 45.3 Å². The molecule has 116 valence electrons. The molecule has 0 aromatic heterocycles. The van der Waals surface area contributed by atoms with Crippen molar-refractivity contribution in [1.29, 1.82) is 0 Å². The lowest BCUT2D eigenvalue weighted by Crippen LogP contribution is -2.42. The second-order valence-electron chi connectivity index (χ2n) is 5.96. The minimum absolute atomic E-state index is 0.107. The van der Waals surface area contributed by atoms with Gasteiger partial charge >= 0.3 is 0 Å². The van der Waals surface area contributed by atoms with Crippen molar-refractivity contribution in [2.75, 3.05) is 13.1 Å². The van der Waals surface area contributed by atoms with Gasteiger partial charge in [-0.15, -0.1) is 0 Å². The number of piperidine rings is 1. The van der Waals surface area contributed by atoms with Gasteiger partial charge in [0, 0.05) is 24.1 Å². The number of nitrogens with one attached hydrogen (secondary N) is 1. The molecule has 1 aromatic rings. The third-order valence-corrected chi connectivity index (χ3v) is 4.31. The van der Waals surface area contributed by atoms with Crippen molar-refractivity contribution in [3.63, 3.8) is 0 Å². The summed E-state index contributed by atoms with van der Waals surface area (Å²) in [6.45, 7) is 6.44. The highest BCUT2D eigenvalue weighted by molar-refractivity contribution is 5.79. The summed E-state index contributed by atoms with van der Waals surface area (Å²) in [6, 6.07) is 7.15. The zero-order valence-corrected chi connectivity index (χ0v) is 12.9. The molecular formula is C17H25FN2O. The first-order valence-corrected chi connectivity index (χ1v) is 7.86. The largest absolute Gasteiger partial charge is 0.353 e. The first kappa shape index (κ1) is 16.0. The molecule has 1 amide bonds. The van der Waals surface area contributed by atoms with Crippen LogP contribution < -0.4 is 5.32 Å². The topological polar surface area (TPSA) is 32.3 Å². The summed E-state index contributed by atoms with van der Waals surface area (Å²) in [6.07, 6.45) is 2.67. The highest BCUT2D eigenvalue weighted by atomic mass is 19.1. The molecule has 1 aliphatic rings. The van der Waals surface area contributed by atoms with Crippen LogP contribution in [0.25, 0.3) is 0 Å². The van der Waals surface area contributed by atoms with Crippen LogP contribution in [0.5, 0.6) is 0 Å². The van der Waals surface area contributed by atoms with E-state index in [1.54, 1.807) is 6.07 Å². The summed E-state index contributed by atoms with van der Waals surface area (Å²) in [5.41, 5.74) is 0.736. The molecule has 2 rings (SSSR count). The highest BCUT2D eigenvalue weighted by Gasteiger charge is 2.25. The van der Waals surface area contributed by atoms with Crippen LogP contribution in [0, 0.1) is 11.7 Å². The molecule has 1 aromatic carbocycles. The lowest BCUT2D eigenvalue weighted by molar-refractivity contribution is -0.127. The lowest BCUT2D eigenvalue weighted by Gasteiger charge is -2.31. The fourth-order valence-electron chi connectivity index (χ4n) is 2.68. The molecule has 0 bridgehead atoms. The fraction of sp³-hybridized carbons (Fsp3) is 0.588. The van der Waals surface area contributed by atoms with Crippen LogP contribution in [0.15, 0.2) is 24.3 Å². The Morgan fingerprint density at radius 2 is 2.05 bits per heavy atom. The first-order valence-electron chi connectivity index (χ1n) is 7.86. The van der Waals surface area contributed by atoms with Crippen LogP contribution in [-0.2, 0) is 11.3 Å². The molecule has 3 nitrogen and oxygen atoms in total. The van der Waals surface area contributed by atoms with Gasteiger partial charge in [0.15, 0.2) is 0 Å². The van der Waals surface area contributed by atoms with E-state index in [-0.39, 0.29) is 23.7 Å². The van der Waals surface area contributed by atoms with Gasteiger partial charge in [-0.3, -0.25) is 9.69 Å². The fourth-order valence-corrected chi connectivity index (χ4v) is 2.68. The number of hydrogen-bond acceptors (Lipinski definition) is 2. The lowest BCUT2D eigenvalue weighted by atomic mass is 9.95. The molecule has 0 unspecified atom stereocenters. The maximum absolute atomic E-state index is 13.6. The number of halogens is 1. The van der Waals surface area contributed by atoms with Crippen molar-refractivity contribution in [3.8, 4) is 0 Å². The number of carbonyl (C=O) groups excluding carboxylic acids is 1. The SMILES string of the molecule is CC[C@H](C)NC(=O)C1CCN(Cc2ccccc2F)CC1. The molecule has 0 spiro atoms. The molecule has 1 fully saturated rings. The molecular weight excluding hydrogens is 267 g/mol. The normalized spacial score (nSPS) is 18.4. The Morgan fingerprint density at radius 1 is 1.38 bits per heavy atom. The van der Waals surface area contributed by atoms with Crippen LogP contribution >= 0.6 is 0 Å². The molecule has 0 radical (unpaired) electrons. The average Bonchev–Trinajstić information content (AvgIpc) is 2.50. The Hall–Kier alpha value is -1.42. The average molecular weight is 292 g/mol. The van der Waals surface area contributed by atoms with Crippen molar-refractivity contribution in [2.24, 2.45) is 5.92 Å². The van der Waals surface area contributed by atoms with Crippen molar-refractivity contribution >= 4 is 5.91 Å². The van der Waals surface area contributed by atoms with E-state index < -0.39 is 0 Å². The Balaban J connectivity index is 1.81. The maximum atomic E-state index is 13.6. The van der Waals surface area contributed by atoms with Gasteiger partial charge in [-0.1, -0.05) is 25.1 Å². The van der Waals surface area contributed by atoms with Crippen LogP contribution in [-0.4, -0.2) is 29.9 Å². The van der Waals surface area contributed by atoms with Crippen LogP contribution in [0.2, 0.25) is 0 Å². The predicted octanol–water partition coefficient (Wildman–Crippen LogP) is 2.95. The molecule has 1 aliphatic heterocycles. The van der Waals surface area contributed by atoms with Gasteiger partial charge in [0.1, 0.15) is 5.82 Å². The zero-order valence-electron chi connectivity index (χ0n) is 12.9. The third-order valence-electron chi connectivity index (χ3n) is 4.31. The number of amides is 1. The van der Waals surface area contributed by atoms with E-state index in [1.807, 2.05) is 19.1 Å². The smallest absolute Gasteiger partial charge is 0.223 e. The van der Waals surface area contributed by atoms with E-state index in [2.05, 4.69) is 17.1 Å². The number of nitrogens with zero attached hydrogens (tertiary/aromatic N) is 1. The van der Waals surface area contributed by atoms with Crippen LogP contribution in [0.4, 0.5) is 4.39 Å². The first-order chi connectivity index (χ1) is 10.1. The maximum Gasteiger partial charge on any atom is 0.223 e. The van der Waals surface area contributed by atoms with Crippen LogP contribution in [0.1, 0.15) is 38.7 Å². The molecule has 21 heavy (non-hydrogen) atoms. The Labute approximate surface area is 126 Å². The van der Waals surface area contributed by atoms with E-state index in [4.69, 9.17) is 0 Å². The molecule has 0 aliphatic carbocycles. The summed E-state index contributed by atoms with van der Waals surface area (Å²) >= 11 is 0.